The Morgan fingerprint density at radius 3 is 2.48 bits per heavy atom. The largest absolute Gasteiger partial charge is 0.484 e. The van der Waals surface area contributed by atoms with Gasteiger partial charge in [0.15, 0.2) is 11.6 Å². The van der Waals surface area contributed by atoms with Gasteiger partial charge in [-0.3, -0.25) is 4.90 Å². The van der Waals surface area contributed by atoms with Crippen LogP contribution in [0.15, 0.2) is 59.8 Å². The van der Waals surface area contributed by atoms with Gasteiger partial charge in [-0.25, -0.2) is 18.4 Å². The number of rotatable bonds is 6. The smallest absolute Gasteiger partial charge is 0.338 e. The van der Waals surface area contributed by atoms with Gasteiger partial charge in [-0.2, -0.15) is 0 Å². The summed E-state index contributed by atoms with van der Waals surface area (Å²) < 4.78 is 38.0. The van der Waals surface area contributed by atoms with Crippen molar-refractivity contribution in [2.45, 2.75) is 13.0 Å². The number of amides is 2. The molecular weight excluding hydrogens is 382 g/mol. The Morgan fingerprint density at radius 1 is 1.14 bits per heavy atom. The van der Waals surface area contributed by atoms with Crippen molar-refractivity contribution in [3.63, 3.8) is 0 Å². The predicted octanol–water partition coefficient (Wildman–Crippen LogP) is 3.56. The molecule has 0 fully saturated rings. The summed E-state index contributed by atoms with van der Waals surface area (Å²) in [4.78, 5) is 26.4. The second-order valence-corrected chi connectivity index (χ2v) is 6.29. The average molecular weight is 402 g/mol. The van der Waals surface area contributed by atoms with E-state index in [0.717, 1.165) is 0 Å². The van der Waals surface area contributed by atoms with Crippen molar-refractivity contribution in [3.05, 3.63) is 77.0 Å². The molecule has 29 heavy (non-hydrogen) atoms. The van der Waals surface area contributed by atoms with Crippen molar-refractivity contribution in [2.24, 2.45) is 0 Å². The van der Waals surface area contributed by atoms with Crippen LogP contribution in [0.3, 0.4) is 0 Å². The van der Waals surface area contributed by atoms with Crippen LogP contribution >= 0.6 is 0 Å². The van der Waals surface area contributed by atoms with Crippen LogP contribution in [0, 0.1) is 11.6 Å². The van der Waals surface area contributed by atoms with E-state index in [1.54, 1.807) is 13.0 Å². The molecule has 1 N–H and O–H groups in total. The molecule has 1 heterocycles. The fraction of sp³-hybridized carbons (Fsp3) is 0.238. The molecule has 1 aliphatic heterocycles. The molecule has 2 aromatic rings. The van der Waals surface area contributed by atoms with Crippen molar-refractivity contribution in [2.75, 3.05) is 20.3 Å². The third kappa shape index (κ3) is 4.37. The molecule has 0 bridgehead atoms. The second-order valence-electron chi connectivity index (χ2n) is 6.29. The first-order valence-corrected chi connectivity index (χ1v) is 8.99. The van der Waals surface area contributed by atoms with Crippen LogP contribution in [0.1, 0.15) is 18.5 Å². The quantitative estimate of drug-likeness (QED) is 0.751. The van der Waals surface area contributed by atoms with E-state index < -0.39 is 29.7 Å². The molecule has 2 amide bonds. The molecule has 0 radical (unpaired) electrons. The molecule has 0 aromatic heterocycles. The fourth-order valence-corrected chi connectivity index (χ4v) is 2.99. The fourth-order valence-electron chi connectivity index (χ4n) is 2.99. The van der Waals surface area contributed by atoms with Crippen LogP contribution in [-0.4, -0.2) is 37.2 Å². The summed E-state index contributed by atoms with van der Waals surface area (Å²) in [6.07, 6.45) is 0. The van der Waals surface area contributed by atoms with Gasteiger partial charge in [-0.05, 0) is 36.8 Å². The number of para-hydroxylation sites is 1. The third-order valence-corrected chi connectivity index (χ3v) is 4.48. The van der Waals surface area contributed by atoms with Crippen molar-refractivity contribution < 1.29 is 27.8 Å². The maximum atomic E-state index is 13.9. The standard InChI is InChI=1S/C21H20F2N2O4/c1-3-28-20(26)18-16(12-29-17-7-5-4-6-15(17)23)25(2)21(27)24-19(18)13-8-10-14(22)11-9-13/h4-11,19H,3,12H2,1-2H3,(H,24,27)/t19-/m0/s1. The number of carbonyl (C=O) groups is 2. The first kappa shape index (κ1) is 20.3. The monoisotopic (exact) mass is 402 g/mol. The number of hydrogen-bond acceptors (Lipinski definition) is 4. The van der Waals surface area contributed by atoms with Gasteiger partial charge in [0.1, 0.15) is 12.4 Å². The highest BCUT2D eigenvalue weighted by molar-refractivity contribution is 5.95. The minimum Gasteiger partial charge on any atom is -0.484 e. The number of esters is 1. The van der Waals surface area contributed by atoms with E-state index in [4.69, 9.17) is 9.47 Å². The van der Waals surface area contributed by atoms with Crippen LogP contribution in [0.2, 0.25) is 0 Å². The van der Waals surface area contributed by atoms with Gasteiger partial charge >= 0.3 is 12.0 Å². The number of nitrogens with zero attached hydrogens (tertiary/aromatic N) is 1. The Labute approximate surface area is 166 Å². The summed E-state index contributed by atoms with van der Waals surface area (Å²) in [6, 6.07) is 9.89. The van der Waals surface area contributed by atoms with Gasteiger partial charge < -0.3 is 14.8 Å². The van der Waals surface area contributed by atoms with E-state index in [9.17, 15) is 18.4 Å². The molecular formula is C21H20F2N2O4. The molecule has 1 aliphatic rings. The van der Waals surface area contributed by atoms with E-state index in [1.165, 1.54) is 54.4 Å². The number of hydrogen-bond donors (Lipinski definition) is 1. The maximum absolute atomic E-state index is 13.9. The minimum atomic E-state index is -0.863. The summed E-state index contributed by atoms with van der Waals surface area (Å²) in [7, 11) is 1.47. The molecule has 0 unspecified atom stereocenters. The SMILES string of the molecule is CCOC(=O)C1=C(COc2ccccc2F)N(C)C(=O)N[C@H]1c1ccc(F)cc1. The summed E-state index contributed by atoms with van der Waals surface area (Å²) in [5.41, 5.74) is 0.862. The summed E-state index contributed by atoms with van der Waals surface area (Å²) in [5.74, 6) is -1.68. The Morgan fingerprint density at radius 2 is 1.83 bits per heavy atom. The number of carbonyl (C=O) groups excluding carboxylic acids is 2. The van der Waals surface area contributed by atoms with Gasteiger partial charge in [0, 0.05) is 7.05 Å². The van der Waals surface area contributed by atoms with Gasteiger partial charge in [-0.15, -0.1) is 0 Å². The Balaban J connectivity index is 2.04. The first-order valence-electron chi connectivity index (χ1n) is 8.99. The molecule has 2 aromatic carbocycles. The van der Waals surface area contributed by atoms with Crippen molar-refractivity contribution in [1.29, 1.82) is 0 Å². The molecule has 0 spiro atoms. The van der Waals surface area contributed by atoms with Gasteiger partial charge in [0.2, 0.25) is 0 Å². The molecule has 0 saturated heterocycles. The first-order chi connectivity index (χ1) is 13.9. The predicted molar refractivity (Wildman–Crippen MR) is 101 cm³/mol. The third-order valence-electron chi connectivity index (χ3n) is 4.48. The number of likely N-dealkylation sites (N-methyl/N-ethyl adjacent to an activating group) is 1. The molecule has 0 aliphatic carbocycles. The van der Waals surface area contributed by atoms with Crippen molar-refractivity contribution in [1.82, 2.24) is 10.2 Å². The van der Waals surface area contributed by atoms with Gasteiger partial charge in [-0.1, -0.05) is 24.3 Å². The lowest BCUT2D eigenvalue weighted by Crippen LogP contribution is -2.48. The molecule has 152 valence electrons. The van der Waals surface area contributed by atoms with E-state index in [2.05, 4.69) is 5.32 Å². The number of ether oxygens (including phenoxy) is 2. The lowest BCUT2D eigenvalue weighted by Gasteiger charge is -2.34. The number of nitrogens with one attached hydrogen (secondary N) is 1. The highest BCUT2D eigenvalue weighted by Crippen LogP contribution is 2.31. The molecule has 0 saturated carbocycles. The Bertz CT molecular complexity index is 944. The minimum absolute atomic E-state index is 0.0130. The number of urea groups is 1. The van der Waals surface area contributed by atoms with Crippen molar-refractivity contribution in [3.8, 4) is 5.75 Å². The lowest BCUT2D eigenvalue weighted by molar-refractivity contribution is -0.139. The van der Waals surface area contributed by atoms with Gasteiger partial charge in [0.25, 0.3) is 0 Å². The average Bonchev–Trinajstić information content (AvgIpc) is 2.70. The zero-order chi connectivity index (χ0) is 21.0. The van der Waals surface area contributed by atoms with E-state index in [0.29, 0.717) is 5.56 Å². The van der Waals surface area contributed by atoms with Gasteiger partial charge in [0.05, 0.1) is 23.9 Å². The number of benzene rings is 2. The molecule has 1 atom stereocenters. The zero-order valence-corrected chi connectivity index (χ0v) is 15.9. The topological polar surface area (TPSA) is 67.9 Å². The molecule has 8 heteroatoms. The van der Waals surface area contributed by atoms with Crippen molar-refractivity contribution >= 4 is 12.0 Å². The second kappa shape index (κ2) is 8.72. The normalized spacial score (nSPS) is 16.5. The van der Waals surface area contributed by atoms with E-state index >= 15 is 0 Å². The highest BCUT2D eigenvalue weighted by Gasteiger charge is 2.37. The van der Waals surface area contributed by atoms with Crippen LogP contribution in [0.25, 0.3) is 0 Å². The summed E-state index contributed by atoms with van der Waals surface area (Å²) in [6.45, 7) is 1.54. The zero-order valence-electron chi connectivity index (χ0n) is 15.9. The summed E-state index contributed by atoms with van der Waals surface area (Å²) in [5, 5.41) is 2.71. The van der Waals surface area contributed by atoms with Crippen LogP contribution in [0.4, 0.5) is 13.6 Å². The number of halogens is 2. The Hall–Kier alpha value is -3.42. The van der Waals surface area contributed by atoms with Crippen LogP contribution in [-0.2, 0) is 9.53 Å². The van der Waals surface area contributed by atoms with Crippen LogP contribution < -0.4 is 10.1 Å². The van der Waals surface area contributed by atoms with E-state index in [1.807, 2.05) is 0 Å². The lowest BCUT2D eigenvalue weighted by atomic mass is 9.94. The Kier molecular flexibility index (Phi) is 6.11. The van der Waals surface area contributed by atoms with E-state index in [-0.39, 0.29) is 30.2 Å². The molecule has 3 rings (SSSR count). The highest BCUT2D eigenvalue weighted by atomic mass is 19.1. The summed E-state index contributed by atoms with van der Waals surface area (Å²) >= 11 is 0. The van der Waals surface area contributed by atoms with Crippen LogP contribution in [0.5, 0.6) is 5.75 Å². The molecule has 6 nitrogen and oxygen atoms in total. The maximum Gasteiger partial charge on any atom is 0.338 e.